The van der Waals surface area contributed by atoms with Gasteiger partial charge in [-0.15, -0.1) is 23.0 Å². The molecule has 0 bridgehead atoms. The Balaban J connectivity index is 1.99. The van der Waals surface area contributed by atoms with E-state index in [1.165, 1.54) is 16.9 Å². The quantitative estimate of drug-likeness (QED) is 0.664. The number of carbonyl (C=O) groups is 1. The van der Waals surface area contributed by atoms with Crippen LogP contribution in [0.15, 0.2) is 29.7 Å². The highest BCUT2D eigenvalue weighted by molar-refractivity contribution is 8.02. The van der Waals surface area contributed by atoms with Gasteiger partial charge in [-0.05, 0) is 24.0 Å². The number of alkyl halides is 1. The predicted octanol–water partition coefficient (Wildman–Crippen LogP) is 3.28. The van der Waals surface area contributed by atoms with Crippen LogP contribution in [-0.4, -0.2) is 16.4 Å². The van der Waals surface area contributed by atoms with Crippen molar-refractivity contribution in [2.45, 2.75) is 32.1 Å². The van der Waals surface area contributed by atoms with Gasteiger partial charge in [0.2, 0.25) is 5.91 Å². The third-order valence-electron chi connectivity index (χ3n) is 3.03. The summed E-state index contributed by atoms with van der Waals surface area (Å²) in [4.78, 5) is 11.5. The molecule has 1 aromatic carbocycles. The monoisotopic (exact) mass is 309 g/mol. The van der Waals surface area contributed by atoms with E-state index < -0.39 is 5.38 Å². The number of nitrogens with one attached hydrogen (secondary N) is 2. The molecule has 0 aromatic heterocycles. The van der Waals surface area contributed by atoms with Gasteiger partial charge in [-0.1, -0.05) is 38.1 Å². The summed E-state index contributed by atoms with van der Waals surface area (Å²) in [6.07, 6.45) is 0. The fourth-order valence-corrected chi connectivity index (χ4v) is 2.57. The van der Waals surface area contributed by atoms with Crippen molar-refractivity contribution in [1.82, 2.24) is 10.6 Å². The first-order valence-corrected chi connectivity index (χ1v) is 7.85. The summed E-state index contributed by atoms with van der Waals surface area (Å²) in [5, 5.41) is 8.09. The van der Waals surface area contributed by atoms with Crippen molar-refractivity contribution in [3.63, 3.8) is 0 Å². The summed E-state index contributed by atoms with van der Waals surface area (Å²) in [7, 11) is 0. The van der Waals surface area contributed by atoms with Gasteiger partial charge in [0.25, 0.3) is 0 Å². The second-order valence-electron chi connectivity index (χ2n) is 4.99. The molecular weight excluding hydrogens is 292 g/mol. The summed E-state index contributed by atoms with van der Waals surface area (Å²) in [5.74, 6) is 0.321. The Labute approximate surface area is 128 Å². The minimum absolute atomic E-state index is 0.202. The molecule has 5 heteroatoms. The van der Waals surface area contributed by atoms with E-state index in [9.17, 15) is 4.79 Å². The van der Waals surface area contributed by atoms with E-state index in [4.69, 9.17) is 11.6 Å². The largest absolute Gasteiger partial charge is 0.332 e. The van der Waals surface area contributed by atoms with Crippen LogP contribution in [0.25, 0.3) is 5.70 Å². The highest BCUT2D eigenvalue weighted by Crippen LogP contribution is 2.21. The van der Waals surface area contributed by atoms with Crippen LogP contribution in [0.1, 0.15) is 37.8 Å². The zero-order valence-electron chi connectivity index (χ0n) is 11.7. The van der Waals surface area contributed by atoms with Gasteiger partial charge in [0, 0.05) is 5.41 Å². The van der Waals surface area contributed by atoms with Crippen LogP contribution in [0, 0.1) is 0 Å². The molecular formula is C15H18ClN2OS. The van der Waals surface area contributed by atoms with E-state index in [-0.39, 0.29) is 5.91 Å². The maximum atomic E-state index is 11.5. The molecule has 1 unspecified atom stereocenters. The van der Waals surface area contributed by atoms with Gasteiger partial charge in [0.15, 0.2) is 5.11 Å². The lowest BCUT2D eigenvalue weighted by atomic mass is 10.0. The average Bonchev–Trinajstić information content (AvgIpc) is 2.87. The molecule has 1 amide bonds. The van der Waals surface area contributed by atoms with Crippen molar-refractivity contribution >= 4 is 39.7 Å². The molecule has 0 aliphatic carbocycles. The van der Waals surface area contributed by atoms with Crippen molar-refractivity contribution in [2.24, 2.45) is 0 Å². The molecule has 0 fully saturated rings. The molecule has 2 N–H and O–H groups in total. The Morgan fingerprint density at radius 1 is 1.25 bits per heavy atom. The average molecular weight is 310 g/mol. The SMILES string of the molecule is CC(Cl)C(=O)NC1=[S]C=C(c2ccc(C(C)C)cc2)N1. The number of benzene rings is 1. The van der Waals surface area contributed by atoms with Gasteiger partial charge in [0.1, 0.15) is 5.38 Å². The fourth-order valence-electron chi connectivity index (χ4n) is 1.76. The Bertz CT molecular complexity index is 562. The highest BCUT2D eigenvalue weighted by atomic mass is 35.5. The van der Waals surface area contributed by atoms with Crippen molar-refractivity contribution in [3.05, 3.63) is 40.8 Å². The highest BCUT2D eigenvalue weighted by Gasteiger charge is 2.15. The molecule has 1 heterocycles. The molecule has 3 nitrogen and oxygen atoms in total. The summed E-state index contributed by atoms with van der Waals surface area (Å²) in [6, 6.07) is 8.43. The molecule has 2 rings (SSSR count). The molecule has 20 heavy (non-hydrogen) atoms. The Kier molecular flexibility index (Phi) is 4.78. The molecule has 1 aromatic rings. The molecule has 107 valence electrons. The van der Waals surface area contributed by atoms with Crippen molar-refractivity contribution in [1.29, 1.82) is 0 Å². The topological polar surface area (TPSA) is 41.1 Å². The first kappa shape index (κ1) is 15.0. The number of halogens is 1. The van der Waals surface area contributed by atoms with Crippen LogP contribution in [0.5, 0.6) is 0 Å². The smallest absolute Gasteiger partial charge is 0.243 e. The predicted molar refractivity (Wildman–Crippen MR) is 87.7 cm³/mol. The number of rotatable bonds is 3. The van der Waals surface area contributed by atoms with Crippen LogP contribution < -0.4 is 10.6 Å². The van der Waals surface area contributed by atoms with Gasteiger partial charge in [0.05, 0.1) is 5.70 Å². The number of hydrogen-bond acceptors (Lipinski definition) is 2. The zero-order chi connectivity index (χ0) is 14.7. The van der Waals surface area contributed by atoms with Crippen LogP contribution in [0.2, 0.25) is 0 Å². The fraction of sp³-hybridized carbons (Fsp3) is 0.333. The Morgan fingerprint density at radius 3 is 2.45 bits per heavy atom. The van der Waals surface area contributed by atoms with E-state index in [0.717, 1.165) is 11.3 Å². The summed E-state index contributed by atoms with van der Waals surface area (Å²) >= 11 is 7.18. The van der Waals surface area contributed by atoms with E-state index in [0.29, 0.717) is 11.0 Å². The van der Waals surface area contributed by atoms with Crippen molar-refractivity contribution < 1.29 is 4.79 Å². The molecule has 0 saturated heterocycles. The number of carbonyl (C=O) groups excluding carboxylic acids is 1. The standard InChI is InChI=1S/C15H18ClN2OS/c1-9(2)11-4-6-12(7-5-11)13-8-20-15(17-13)18-14(19)10(3)16/h4-10,17H,1-3H3,(H,18,19). The van der Waals surface area contributed by atoms with Gasteiger partial charge in [-0.25, -0.2) is 0 Å². The van der Waals surface area contributed by atoms with E-state index >= 15 is 0 Å². The third-order valence-corrected chi connectivity index (χ3v) is 4.02. The van der Waals surface area contributed by atoms with E-state index in [2.05, 4.69) is 48.7 Å². The molecule has 1 radical (unpaired) electrons. The van der Waals surface area contributed by atoms with Gasteiger partial charge < -0.3 is 10.6 Å². The second kappa shape index (κ2) is 6.37. The van der Waals surface area contributed by atoms with Gasteiger partial charge >= 0.3 is 0 Å². The molecule has 0 saturated carbocycles. The first-order chi connectivity index (χ1) is 9.47. The zero-order valence-corrected chi connectivity index (χ0v) is 13.3. The Morgan fingerprint density at radius 2 is 1.90 bits per heavy atom. The first-order valence-electron chi connectivity index (χ1n) is 6.53. The molecule has 1 atom stereocenters. The molecule has 1 aliphatic rings. The minimum atomic E-state index is -0.542. The lowest BCUT2D eigenvalue weighted by Gasteiger charge is -2.11. The lowest BCUT2D eigenvalue weighted by Crippen LogP contribution is -2.40. The second-order valence-corrected chi connectivity index (χ2v) is 6.52. The number of amides is 1. The van der Waals surface area contributed by atoms with Crippen LogP contribution in [-0.2, 0) is 4.79 Å². The lowest BCUT2D eigenvalue weighted by molar-refractivity contribution is -0.119. The number of hydrogen-bond donors (Lipinski definition) is 2. The summed E-state index contributed by atoms with van der Waals surface area (Å²) in [5.41, 5.74) is 3.40. The molecule has 0 spiro atoms. The van der Waals surface area contributed by atoms with E-state index in [1.54, 1.807) is 6.92 Å². The van der Waals surface area contributed by atoms with Crippen LogP contribution in [0.3, 0.4) is 0 Å². The van der Waals surface area contributed by atoms with Crippen molar-refractivity contribution in [3.8, 4) is 0 Å². The maximum absolute atomic E-state index is 11.5. The van der Waals surface area contributed by atoms with Gasteiger partial charge in [-0.2, -0.15) is 0 Å². The normalized spacial score (nSPS) is 15.4. The minimum Gasteiger partial charge on any atom is -0.332 e. The van der Waals surface area contributed by atoms with Crippen LogP contribution in [0.4, 0.5) is 0 Å². The van der Waals surface area contributed by atoms with E-state index in [1.807, 2.05) is 5.41 Å². The summed E-state index contributed by atoms with van der Waals surface area (Å²) in [6.45, 7) is 6.00. The third kappa shape index (κ3) is 3.58. The Hall–Kier alpha value is -1.39. The maximum Gasteiger partial charge on any atom is 0.243 e. The van der Waals surface area contributed by atoms with Crippen LogP contribution >= 0.6 is 23.0 Å². The van der Waals surface area contributed by atoms with Crippen molar-refractivity contribution in [2.75, 3.05) is 0 Å². The molecule has 1 aliphatic heterocycles. The summed E-state index contributed by atoms with van der Waals surface area (Å²) < 4.78 is 0. The van der Waals surface area contributed by atoms with Gasteiger partial charge in [-0.3, -0.25) is 4.79 Å².